The van der Waals surface area contributed by atoms with Crippen LogP contribution >= 0.6 is 0 Å². The number of aromatic amines is 1. The number of ketones is 1. The van der Waals surface area contributed by atoms with E-state index >= 15 is 0 Å². The number of pyridine rings is 1. The maximum Gasteiger partial charge on any atom is 0.159 e. The summed E-state index contributed by atoms with van der Waals surface area (Å²) in [6, 6.07) is 9.54. The highest BCUT2D eigenvalue weighted by Gasteiger charge is 2.03. The standard InChI is InChI=1S/C14H11N3O/c1-9(18)10-2-4-11(5-3-10)12-6-13-8-16-17-14(13)15-7-12/h2-8H,1H3,(H,15,16,17). The second kappa shape index (κ2) is 4.07. The first-order chi connectivity index (χ1) is 8.74. The van der Waals surface area contributed by atoms with Crippen LogP contribution in [0.3, 0.4) is 0 Å². The van der Waals surface area contributed by atoms with Gasteiger partial charge in [0, 0.05) is 22.7 Å². The van der Waals surface area contributed by atoms with E-state index in [1.807, 2.05) is 30.3 Å². The van der Waals surface area contributed by atoms with Crippen molar-refractivity contribution in [1.29, 1.82) is 0 Å². The molecule has 0 spiro atoms. The zero-order valence-electron chi connectivity index (χ0n) is 9.84. The Bertz CT molecular complexity index is 713. The van der Waals surface area contributed by atoms with Crippen LogP contribution in [-0.4, -0.2) is 21.0 Å². The van der Waals surface area contributed by atoms with Crippen molar-refractivity contribution in [1.82, 2.24) is 15.2 Å². The van der Waals surface area contributed by atoms with Gasteiger partial charge in [-0.25, -0.2) is 4.98 Å². The first kappa shape index (κ1) is 10.7. The summed E-state index contributed by atoms with van der Waals surface area (Å²) in [6.07, 6.45) is 3.54. The molecule has 88 valence electrons. The van der Waals surface area contributed by atoms with Crippen LogP contribution in [-0.2, 0) is 0 Å². The molecule has 4 nitrogen and oxygen atoms in total. The van der Waals surface area contributed by atoms with Crippen LogP contribution in [0.25, 0.3) is 22.2 Å². The van der Waals surface area contributed by atoms with Gasteiger partial charge in [-0.05, 0) is 18.6 Å². The van der Waals surface area contributed by atoms with Gasteiger partial charge in [0.15, 0.2) is 11.4 Å². The number of benzene rings is 1. The van der Waals surface area contributed by atoms with Gasteiger partial charge < -0.3 is 0 Å². The maximum atomic E-state index is 11.2. The van der Waals surface area contributed by atoms with Gasteiger partial charge in [0.1, 0.15) is 0 Å². The van der Waals surface area contributed by atoms with Crippen molar-refractivity contribution in [3.63, 3.8) is 0 Å². The number of fused-ring (bicyclic) bond motifs is 1. The van der Waals surface area contributed by atoms with Crippen molar-refractivity contribution >= 4 is 16.8 Å². The largest absolute Gasteiger partial charge is 0.295 e. The van der Waals surface area contributed by atoms with Gasteiger partial charge in [0.25, 0.3) is 0 Å². The monoisotopic (exact) mass is 237 g/mol. The van der Waals surface area contributed by atoms with Crippen molar-refractivity contribution in [2.75, 3.05) is 0 Å². The summed E-state index contributed by atoms with van der Waals surface area (Å²) in [7, 11) is 0. The van der Waals surface area contributed by atoms with E-state index < -0.39 is 0 Å². The normalized spacial score (nSPS) is 10.7. The van der Waals surface area contributed by atoms with Crippen molar-refractivity contribution in [2.24, 2.45) is 0 Å². The summed E-state index contributed by atoms with van der Waals surface area (Å²) >= 11 is 0. The second-order valence-corrected chi connectivity index (χ2v) is 4.17. The molecule has 1 aromatic carbocycles. The number of H-pyrrole nitrogens is 1. The number of rotatable bonds is 2. The lowest BCUT2D eigenvalue weighted by Crippen LogP contribution is -1.91. The molecule has 0 bridgehead atoms. The minimum atomic E-state index is 0.0740. The molecule has 3 aromatic rings. The molecule has 0 saturated carbocycles. The van der Waals surface area contributed by atoms with Crippen molar-refractivity contribution in [3.05, 3.63) is 48.3 Å². The number of aromatic nitrogens is 3. The Morgan fingerprint density at radius 3 is 2.61 bits per heavy atom. The highest BCUT2D eigenvalue weighted by Crippen LogP contribution is 2.22. The molecule has 0 fully saturated rings. The fraction of sp³-hybridized carbons (Fsp3) is 0.0714. The number of Topliss-reactive ketones (excluding diaryl/α,β-unsaturated/α-hetero) is 1. The molecule has 0 atom stereocenters. The lowest BCUT2D eigenvalue weighted by molar-refractivity contribution is 0.101. The Hall–Kier alpha value is -2.49. The average molecular weight is 237 g/mol. The quantitative estimate of drug-likeness (QED) is 0.697. The third-order valence-corrected chi connectivity index (χ3v) is 2.92. The third-order valence-electron chi connectivity index (χ3n) is 2.92. The minimum absolute atomic E-state index is 0.0740. The van der Waals surface area contributed by atoms with Crippen LogP contribution in [0.2, 0.25) is 0 Å². The summed E-state index contributed by atoms with van der Waals surface area (Å²) in [5.41, 5.74) is 3.55. The Morgan fingerprint density at radius 2 is 1.89 bits per heavy atom. The Morgan fingerprint density at radius 1 is 1.11 bits per heavy atom. The van der Waals surface area contributed by atoms with Gasteiger partial charge in [0.2, 0.25) is 0 Å². The fourth-order valence-electron chi connectivity index (χ4n) is 1.89. The Balaban J connectivity index is 2.05. The third kappa shape index (κ3) is 1.78. The van der Waals surface area contributed by atoms with E-state index in [0.29, 0.717) is 0 Å². The first-order valence-corrected chi connectivity index (χ1v) is 5.64. The van der Waals surface area contributed by atoms with E-state index in [2.05, 4.69) is 15.2 Å². The van der Waals surface area contributed by atoms with Gasteiger partial charge in [-0.1, -0.05) is 24.3 Å². The number of nitrogens with one attached hydrogen (secondary N) is 1. The second-order valence-electron chi connectivity index (χ2n) is 4.17. The molecule has 18 heavy (non-hydrogen) atoms. The molecule has 0 aliphatic carbocycles. The maximum absolute atomic E-state index is 11.2. The lowest BCUT2D eigenvalue weighted by Gasteiger charge is -2.02. The van der Waals surface area contributed by atoms with E-state index in [0.717, 1.165) is 27.7 Å². The summed E-state index contributed by atoms with van der Waals surface area (Å²) in [6.45, 7) is 1.56. The lowest BCUT2D eigenvalue weighted by atomic mass is 10.0. The molecule has 0 aliphatic heterocycles. The predicted molar refractivity (Wildman–Crippen MR) is 69.3 cm³/mol. The van der Waals surface area contributed by atoms with Gasteiger partial charge in [-0.2, -0.15) is 5.10 Å². The molecule has 4 heteroatoms. The van der Waals surface area contributed by atoms with Crippen molar-refractivity contribution in [2.45, 2.75) is 6.92 Å². The van der Waals surface area contributed by atoms with E-state index in [1.165, 1.54) is 0 Å². The van der Waals surface area contributed by atoms with Gasteiger partial charge >= 0.3 is 0 Å². The molecule has 0 unspecified atom stereocenters. The topological polar surface area (TPSA) is 58.6 Å². The van der Waals surface area contributed by atoms with Gasteiger partial charge in [-0.15, -0.1) is 0 Å². The molecule has 0 amide bonds. The summed E-state index contributed by atoms with van der Waals surface area (Å²) in [4.78, 5) is 15.5. The van der Waals surface area contributed by atoms with E-state index in [9.17, 15) is 4.79 Å². The predicted octanol–water partition coefficient (Wildman–Crippen LogP) is 2.83. The van der Waals surface area contributed by atoms with Crippen LogP contribution in [0, 0.1) is 0 Å². The summed E-state index contributed by atoms with van der Waals surface area (Å²) in [5.74, 6) is 0.0740. The molecule has 2 aromatic heterocycles. The van der Waals surface area contributed by atoms with E-state index in [4.69, 9.17) is 0 Å². The molecule has 2 heterocycles. The van der Waals surface area contributed by atoms with Crippen molar-refractivity contribution < 1.29 is 4.79 Å². The van der Waals surface area contributed by atoms with E-state index in [1.54, 1.807) is 19.3 Å². The number of hydrogen-bond donors (Lipinski definition) is 1. The van der Waals surface area contributed by atoms with Gasteiger partial charge in [-0.3, -0.25) is 9.89 Å². The first-order valence-electron chi connectivity index (χ1n) is 5.64. The molecule has 0 saturated heterocycles. The smallest absolute Gasteiger partial charge is 0.159 e. The minimum Gasteiger partial charge on any atom is -0.295 e. The zero-order chi connectivity index (χ0) is 12.5. The zero-order valence-corrected chi connectivity index (χ0v) is 9.84. The Labute approximate surface area is 104 Å². The van der Waals surface area contributed by atoms with Crippen molar-refractivity contribution in [3.8, 4) is 11.1 Å². The number of hydrogen-bond acceptors (Lipinski definition) is 3. The number of carbonyl (C=O) groups excluding carboxylic acids is 1. The van der Waals surface area contributed by atoms with Crippen LogP contribution in [0.5, 0.6) is 0 Å². The molecular weight excluding hydrogens is 226 g/mol. The average Bonchev–Trinajstić information content (AvgIpc) is 2.86. The highest BCUT2D eigenvalue weighted by molar-refractivity contribution is 5.94. The van der Waals surface area contributed by atoms with Crippen LogP contribution < -0.4 is 0 Å². The summed E-state index contributed by atoms with van der Waals surface area (Å²) < 4.78 is 0. The van der Waals surface area contributed by atoms with E-state index in [-0.39, 0.29) is 5.78 Å². The number of nitrogens with zero attached hydrogens (tertiary/aromatic N) is 2. The summed E-state index contributed by atoms with van der Waals surface area (Å²) in [5, 5.41) is 7.73. The molecular formula is C14H11N3O. The number of carbonyl (C=O) groups is 1. The Kier molecular flexibility index (Phi) is 2.41. The highest BCUT2D eigenvalue weighted by atomic mass is 16.1. The molecule has 1 N–H and O–H groups in total. The van der Waals surface area contributed by atoms with Gasteiger partial charge in [0.05, 0.1) is 6.20 Å². The van der Waals surface area contributed by atoms with Crippen LogP contribution in [0.1, 0.15) is 17.3 Å². The fourth-order valence-corrected chi connectivity index (χ4v) is 1.89. The molecule has 3 rings (SSSR count). The molecule has 0 radical (unpaired) electrons. The van der Waals surface area contributed by atoms with Crippen LogP contribution in [0.4, 0.5) is 0 Å². The molecule has 0 aliphatic rings. The van der Waals surface area contributed by atoms with Crippen LogP contribution in [0.15, 0.2) is 42.7 Å². The SMILES string of the molecule is CC(=O)c1ccc(-c2cnc3[nH]ncc3c2)cc1.